The van der Waals surface area contributed by atoms with Gasteiger partial charge < -0.3 is 17.2 Å². The van der Waals surface area contributed by atoms with Gasteiger partial charge in [-0.1, -0.05) is 26.7 Å². The molecule has 1 fully saturated rings. The minimum Gasteiger partial charge on any atom is -0.512 e. The summed E-state index contributed by atoms with van der Waals surface area (Å²) in [6, 6.07) is -0.676. The molecule has 1 heterocycles. The number of hydrogen-bond donors (Lipinski definition) is 2. The Morgan fingerprint density at radius 2 is 1.80 bits per heavy atom. The second-order valence-electron chi connectivity index (χ2n) is 3.02. The van der Waals surface area contributed by atoms with Crippen molar-refractivity contribution in [2.75, 3.05) is 0 Å². The maximum atomic E-state index is 11.1. The first-order valence-electron chi connectivity index (χ1n) is 4.52. The van der Waals surface area contributed by atoms with Gasteiger partial charge in [0.1, 0.15) is 6.04 Å². The van der Waals surface area contributed by atoms with Crippen molar-refractivity contribution < 1.29 is 39.1 Å². The van der Waals surface area contributed by atoms with Crippen LogP contribution in [0.4, 0.5) is 4.79 Å². The first-order valence-corrected chi connectivity index (χ1v) is 4.52. The second kappa shape index (κ2) is 8.72. The van der Waals surface area contributed by atoms with Crippen molar-refractivity contribution in [1.82, 2.24) is 10.6 Å². The van der Waals surface area contributed by atoms with Gasteiger partial charge in [0.15, 0.2) is 0 Å². The molecule has 0 aromatic rings. The fraction of sp³-hybridized carbons (Fsp3) is 0.667. The fourth-order valence-corrected chi connectivity index (χ4v) is 1.52. The van der Waals surface area contributed by atoms with Crippen LogP contribution in [0, 0.1) is 17.8 Å². The topological polar surface area (TPSA) is 82.0 Å². The second-order valence-corrected chi connectivity index (χ2v) is 3.02. The van der Waals surface area contributed by atoms with Gasteiger partial charge >= 0.3 is 35.6 Å². The molecule has 0 bridgehead atoms. The first-order chi connectivity index (χ1) is 6.69. The molecule has 5 nitrogen and oxygen atoms in total. The summed E-state index contributed by atoms with van der Waals surface area (Å²) >= 11 is 0. The van der Waals surface area contributed by atoms with E-state index in [4.69, 9.17) is 11.8 Å². The SMILES string of the molecule is CCC(CC)C1NC(=O)NC1=O.[C-]#N.[Na+]. The summed E-state index contributed by atoms with van der Waals surface area (Å²) in [5.74, 6) is 0.0742. The Bertz CT molecular complexity index is 239. The van der Waals surface area contributed by atoms with Crippen LogP contribution in [-0.2, 0) is 4.79 Å². The summed E-state index contributed by atoms with van der Waals surface area (Å²) in [6.07, 6.45) is 1.82. The van der Waals surface area contributed by atoms with Crippen molar-refractivity contribution in [2.24, 2.45) is 5.92 Å². The Balaban J connectivity index is 0. The number of hydrogen-bond acceptors (Lipinski definition) is 3. The molecule has 0 aromatic carbocycles. The summed E-state index contributed by atoms with van der Waals surface area (Å²) in [5.41, 5.74) is 0. The zero-order valence-corrected chi connectivity index (χ0v) is 11.3. The molecular formula is C9H14N3NaO2. The molecule has 3 amide bonds. The van der Waals surface area contributed by atoms with Crippen molar-refractivity contribution in [1.29, 1.82) is 5.26 Å². The van der Waals surface area contributed by atoms with E-state index in [0.29, 0.717) is 0 Å². The molecule has 1 saturated heterocycles. The third-order valence-electron chi connectivity index (χ3n) is 2.33. The maximum absolute atomic E-state index is 11.1. The molecule has 1 aliphatic rings. The molecule has 2 N–H and O–H groups in total. The van der Waals surface area contributed by atoms with Gasteiger partial charge in [-0.15, -0.1) is 0 Å². The summed E-state index contributed by atoms with van der Waals surface area (Å²) in [4.78, 5) is 21.9. The number of urea groups is 1. The van der Waals surface area contributed by atoms with Crippen LogP contribution in [-0.4, -0.2) is 18.0 Å². The van der Waals surface area contributed by atoms with E-state index in [1.165, 1.54) is 0 Å². The van der Waals surface area contributed by atoms with Gasteiger partial charge in [-0.2, -0.15) is 0 Å². The number of rotatable bonds is 3. The molecule has 0 aromatic heterocycles. The molecule has 1 rings (SSSR count). The number of amides is 3. The predicted molar refractivity (Wildman–Crippen MR) is 49.5 cm³/mol. The normalized spacial score (nSPS) is 18.3. The number of carbonyl (C=O) groups excluding carboxylic acids is 2. The fourth-order valence-electron chi connectivity index (χ4n) is 1.52. The predicted octanol–water partition coefficient (Wildman–Crippen LogP) is -2.27. The average molecular weight is 219 g/mol. The van der Waals surface area contributed by atoms with Crippen LogP contribution in [0.3, 0.4) is 0 Å². The van der Waals surface area contributed by atoms with E-state index in [9.17, 15) is 9.59 Å². The minimum absolute atomic E-state index is 0. The van der Waals surface area contributed by atoms with E-state index in [2.05, 4.69) is 10.6 Å². The van der Waals surface area contributed by atoms with Gasteiger partial charge in [-0.05, 0) is 5.92 Å². The van der Waals surface area contributed by atoms with Gasteiger partial charge in [0.25, 0.3) is 5.91 Å². The van der Waals surface area contributed by atoms with E-state index >= 15 is 0 Å². The van der Waals surface area contributed by atoms with Crippen LogP contribution in [0.2, 0.25) is 0 Å². The quantitative estimate of drug-likeness (QED) is 0.319. The number of imide groups is 1. The molecule has 1 unspecified atom stereocenters. The Hall–Kier alpha value is -0.570. The van der Waals surface area contributed by atoms with Crippen LogP contribution < -0.4 is 40.2 Å². The van der Waals surface area contributed by atoms with Gasteiger partial charge in [-0.25, -0.2) is 4.79 Å². The Kier molecular flexibility index (Phi) is 9.79. The van der Waals surface area contributed by atoms with E-state index < -0.39 is 0 Å². The molecule has 0 aliphatic carbocycles. The molecule has 78 valence electrons. The van der Waals surface area contributed by atoms with Crippen LogP contribution in [0.15, 0.2) is 0 Å². The maximum Gasteiger partial charge on any atom is 1.00 e. The minimum atomic E-state index is -0.364. The zero-order chi connectivity index (χ0) is 11.1. The molecular weight excluding hydrogens is 205 g/mol. The largest absolute Gasteiger partial charge is 1.00 e. The first kappa shape index (κ1) is 16.8. The van der Waals surface area contributed by atoms with Crippen molar-refractivity contribution in [3.63, 3.8) is 0 Å². The monoisotopic (exact) mass is 219 g/mol. The Morgan fingerprint density at radius 1 is 1.33 bits per heavy atom. The van der Waals surface area contributed by atoms with E-state index in [0.717, 1.165) is 12.8 Å². The Morgan fingerprint density at radius 3 is 2.07 bits per heavy atom. The third kappa shape index (κ3) is 4.65. The van der Waals surface area contributed by atoms with Crippen molar-refractivity contribution in [2.45, 2.75) is 32.7 Å². The number of nitrogens with zero attached hydrogens (tertiary/aromatic N) is 1. The van der Waals surface area contributed by atoms with E-state index in [-0.39, 0.29) is 53.5 Å². The third-order valence-corrected chi connectivity index (χ3v) is 2.33. The standard InChI is InChI=1S/C8H14N2O2.CN.Na/c1-3-5(4-2)6-7(11)10-8(12)9-6;1-2;/h5-6H,3-4H2,1-2H3,(H2,9,10,11,12);;/q;-1;+1. The van der Waals surface area contributed by atoms with Crippen LogP contribution in [0.25, 0.3) is 0 Å². The summed E-state index contributed by atoms with van der Waals surface area (Å²) in [6.45, 7) is 8.79. The Labute approximate surface area is 112 Å². The van der Waals surface area contributed by atoms with Crippen LogP contribution in [0.1, 0.15) is 26.7 Å². The van der Waals surface area contributed by atoms with E-state index in [1.807, 2.05) is 13.8 Å². The number of nitrogens with one attached hydrogen (secondary N) is 2. The molecule has 0 saturated carbocycles. The molecule has 0 spiro atoms. The molecule has 1 aliphatic heterocycles. The van der Waals surface area contributed by atoms with Crippen LogP contribution in [0.5, 0.6) is 0 Å². The van der Waals surface area contributed by atoms with Crippen molar-refractivity contribution in [3.05, 3.63) is 6.57 Å². The van der Waals surface area contributed by atoms with Crippen LogP contribution >= 0.6 is 0 Å². The smallest absolute Gasteiger partial charge is 0.512 e. The zero-order valence-electron chi connectivity index (χ0n) is 9.33. The molecule has 6 heteroatoms. The average Bonchev–Trinajstić information content (AvgIpc) is 2.51. The number of carbonyl (C=O) groups is 2. The van der Waals surface area contributed by atoms with Gasteiger partial charge in [0.05, 0.1) is 0 Å². The van der Waals surface area contributed by atoms with Gasteiger partial charge in [0.2, 0.25) is 0 Å². The summed E-state index contributed by atoms with van der Waals surface area (Å²) < 4.78 is 0. The molecule has 0 radical (unpaired) electrons. The summed E-state index contributed by atoms with van der Waals surface area (Å²) in [7, 11) is 0. The molecule has 1 atom stereocenters. The van der Waals surface area contributed by atoms with E-state index in [1.54, 1.807) is 0 Å². The summed E-state index contributed by atoms with van der Waals surface area (Å²) in [5, 5.41) is 11.1. The van der Waals surface area contributed by atoms with Crippen molar-refractivity contribution in [3.8, 4) is 0 Å². The van der Waals surface area contributed by atoms with Gasteiger partial charge in [-0.3, -0.25) is 10.1 Å². The molecule has 15 heavy (non-hydrogen) atoms. The van der Waals surface area contributed by atoms with Crippen molar-refractivity contribution >= 4 is 11.9 Å². The van der Waals surface area contributed by atoms with Gasteiger partial charge in [0, 0.05) is 0 Å².